The molecule has 0 fully saturated rings. The number of carbonyl (C=O) groups is 1. The minimum Gasteiger partial charge on any atom is -0.366 e. The number of carbonyl (C=O) groups excluding carboxylic acids is 1. The fourth-order valence-electron chi connectivity index (χ4n) is 2.97. The number of aryl methyl sites for hydroxylation is 1. The second-order valence-electron chi connectivity index (χ2n) is 5.90. The van der Waals surface area contributed by atoms with Crippen molar-refractivity contribution >= 4 is 17.5 Å². The van der Waals surface area contributed by atoms with Crippen LogP contribution >= 0.6 is 11.6 Å². The fraction of sp³-hybridized carbons (Fsp3) is 0.150. The van der Waals surface area contributed by atoms with E-state index in [1.165, 1.54) is 12.1 Å². The van der Waals surface area contributed by atoms with Gasteiger partial charge >= 0.3 is 0 Å². The molecule has 0 saturated carbocycles. The lowest BCUT2D eigenvalue weighted by atomic mass is 10.1. The highest BCUT2D eigenvalue weighted by Crippen LogP contribution is 2.31. The van der Waals surface area contributed by atoms with Crippen molar-refractivity contribution in [1.82, 2.24) is 4.57 Å². The minimum atomic E-state index is -0.466. The molecule has 0 aliphatic rings. The van der Waals surface area contributed by atoms with E-state index in [1.54, 1.807) is 18.2 Å². The highest BCUT2D eigenvalue weighted by Gasteiger charge is 2.18. The number of hydrogen-bond acceptors (Lipinski definition) is 1. The van der Waals surface area contributed by atoms with E-state index >= 15 is 0 Å². The van der Waals surface area contributed by atoms with Crippen molar-refractivity contribution in [1.29, 1.82) is 0 Å². The number of rotatable bonds is 5. The first-order valence-corrected chi connectivity index (χ1v) is 8.34. The number of nitrogens with zero attached hydrogens (tertiary/aromatic N) is 1. The SMILES string of the molecule is Cc1c(C(N)=O)cc(-c2ccccc2Cl)n1CCc1ccc(F)cc1. The summed E-state index contributed by atoms with van der Waals surface area (Å²) >= 11 is 6.34. The number of primary amides is 1. The lowest BCUT2D eigenvalue weighted by molar-refractivity contribution is 0.0999. The Hall–Kier alpha value is -2.59. The lowest BCUT2D eigenvalue weighted by Gasteiger charge is -2.13. The second kappa shape index (κ2) is 7.11. The Labute approximate surface area is 150 Å². The van der Waals surface area contributed by atoms with Gasteiger partial charge in [0.1, 0.15) is 5.82 Å². The highest BCUT2D eigenvalue weighted by molar-refractivity contribution is 6.33. The Morgan fingerprint density at radius 1 is 1.16 bits per heavy atom. The van der Waals surface area contributed by atoms with Crippen LogP contribution in [-0.4, -0.2) is 10.5 Å². The largest absolute Gasteiger partial charge is 0.366 e. The van der Waals surface area contributed by atoms with Gasteiger partial charge in [-0.1, -0.05) is 41.9 Å². The van der Waals surface area contributed by atoms with E-state index in [0.29, 0.717) is 23.6 Å². The van der Waals surface area contributed by atoms with E-state index in [4.69, 9.17) is 17.3 Å². The van der Waals surface area contributed by atoms with E-state index in [9.17, 15) is 9.18 Å². The van der Waals surface area contributed by atoms with Gasteiger partial charge in [-0.2, -0.15) is 0 Å². The molecule has 3 aromatic rings. The normalized spacial score (nSPS) is 10.8. The van der Waals surface area contributed by atoms with Crippen molar-refractivity contribution in [2.24, 2.45) is 5.73 Å². The molecule has 0 saturated heterocycles. The zero-order valence-electron chi connectivity index (χ0n) is 13.8. The quantitative estimate of drug-likeness (QED) is 0.713. The van der Waals surface area contributed by atoms with Crippen molar-refractivity contribution in [2.45, 2.75) is 19.9 Å². The topological polar surface area (TPSA) is 48.0 Å². The molecule has 0 radical (unpaired) electrons. The molecule has 0 aliphatic carbocycles. The zero-order valence-corrected chi connectivity index (χ0v) is 14.6. The third-order valence-corrected chi connectivity index (χ3v) is 4.65. The van der Waals surface area contributed by atoms with E-state index in [1.807, 2.05) is 35.8 Å². The van der Waals surface area contributed by atoms with Crippen LogP contribution < -0.4 is 5.73 Å². The molecule has 128 valence electrons. The maximum atomic E-state index is 13.1. The standard InChI is InChI=1S/C20H18ClFN2O/c1-13-17(20(23)25)12-19(16-4-2-3-5-18(16)21)24(13)11-10-14-6-8-15(22)9-7-14/h2-9,12H,10-11H2,1H3,(H2,23,25). The van der Waals surface area contributed by atoms with Crippen molar-refractivity contribution in [3.8, 4) is 11.3 Å². The monoisotopic (exact) mass is 356 g/mol. The van der Waals surface area contributed by atoms with Crippen LogP contribution in [-0.2, 0) is 13.0 Å². The molecule has 5 heteroatoms. The second-order valence-corrected chi connectivity index (χ2v) is 6.31. The number of halogens is 2. The van der Waals surface area contributed by atoms with Gasteiger partial charge < -0.3 is 10.3 Å². The molecular weight excluding hydrogens is 339 g/mol. The lowest BCUT2D eigenvalue weighted by Crippen LogP contribution is -2.13. The first-order chi connectivity index (χ1) is 12.0. The number of benzene rings is 2. The summed E-state index contributed by atoms with van der Waals surface area (Å²) in [7, 11) is 0. The molecule has 0 bridgehead atoms. The van der Waals surface area contributed by atoms with E-state index in [-0.39, 0.29) is 5.82 Å². The summed E-state index contributed by atoms with van der Waals surface area (Å²) in [5.41, 5.74) is 9.49. The van der Waals surface area contributed by atoms with Crippen LogP contribution in [0.5, 0.6) is 0 Å². The Morgan fingerprint density at radius 3 is 2.48 bits per heavy atom. The summed E-state index contributed by atoms with van der Waals surface area (Å²) in [4.78, 5) is 11.7. The molecule has 0 aliphatic heterocycles. The molecule has 2 aromatic carbocycles. The number of nitrogens with two attached hydrogens (primary N) is 1. The van der Waals surface area contributed by atoms with Crippen molar-refractivity contribution in [2.75, 3.05) is 0 Å². The molecule has 1 aromatic heterocycles. The highest BCUT2D eigenvalue weighted by atomic mass is 35.5. The van der Waals surface area contributed by atoms with Gasteiger partial charge in [0.2, 0.25) is 0 Å². The maximum absolute atomic E-state index is 13.1. The van der Waals surface area contributed by atoms with Crippen molar-refractivity contribution in [3.05, 3.63) is 82.3 Å². The molecule has 1 heterocycles. The molecule has 3 nitrogen and oxygen atoms in total. The number of aromatic nitrogens is 1. The average molecular weight is 357 g/mol. The first kappa shape index (κ1) is 17.2. The molecular formula is C20H18ClFN2O. The van der Waals surface area contributed by atoms with Crippen LogP contribution in [0.3, 0.4) is 0 Å². The van der Waals surface area contributed by atoms with Gasteiger partial charge in [0, 0.05) is 22.8 Å². The van der Waals surface area contributed by atoms with Crippen LogP contribution in [0, 0.1) is 12.7 Å². The maximum Gasteiger partial charge on any atom is 0.250 e. The summed E-state index contributed by atoms with van der Waals surface area (Å²) in [5.74, 6) is -0.722. The van der Waals surface area contributed by atoms with E-state index in [2.05, 4.69) is 0 Å². The summed E-state index contributed by atoms with van der Waals surface area (Å²) in [6.45, 7) is 2.50. The van der Waals surface area contributed by atoms with Crippen molar-refractivity contribution in [3.63, 3.8) is 0 Å². The fourth-order valence-corrected chi connectivity index (χ4v) is 3.20. The Kier molecular flexibility index (Phi) is 4.91. The average Bonchev–Trinajstić information content (AvgIpc) is 2.91. The molecule has 3 rings (SSSR count). The van der Waals surface area contributed by atoms with Gasteiger partial charge in [0.15, 0.2) is 0 Å². The molecule has 2 N–H and O–H groups in total. The van der Waals surface area contributed by atoms with Gasteiger partial charge in [0.25, 0.3) is 5.91 Å². The van der Waals surface area contributed by atoms with E-state index in [0.717, 1.165) is 22.5 Å². The van der Waals surface area contributed by atoms with Gasteiger partial charge in [0.05, 0.1) is 11.3 Å². The molecule has 0 unspecified atom stereocenters. The predicted octanol–water partition coefficient (Wildman–Crippen LogP) is 4.60. The van der Waals surface area contributed by atoms with Gasteiger partial charge in [-0.15, -0.1) is 0 Å². The van der Waals surface area contributed by atoms with Gasteiger partial charge in [-0.05, 0) is 43.2 Å². The smallest absolute Gasteiger partial charge is 0.250 e. The molecule has 0 atom stereocenters. The summed E-state index contributed by atoms with van der Waals surface area (Å²) < 4.78 is 15.1. The summed E-state index contributed by atoms with van der Waals surface area (Å²) in [6.07, 6.45) is 0.700. The number of hydrogen-bond donors (Lipinski definition) is 1. The third kappa shape index (κ3) is 3.59. The first-order valence-electron chi connectivity index (χ1n) is 7.96. The minimum absolute atomic E-state index is 0.256. The third-order valence-electron chi connectivity index (χ3n) is 4.32. The molecule has 25 heavy (non-hydrogen) atoms. The van der Waals surface area contributed by atoms with Crippen LogP contribution in [0.15, 0.2) is 54.6 Å². The summed E-state index contributed by atoms with van der Waals surface area (Å²) in [6, 6.07) is 15.7. The van der Waals surface area contributed by atoms with Crippen molar-refractivity contribution < 1.29 is 9.18 Å². The number of amides is 1. The van der Waals surface area contributed by atoms with Gasteiger partial charge in [-0.3, -0.25) is 4.79 Å². The van der Waals surface area contributed by atoms with Crippen LogP contribution in [0.1, 0.15) is 21.6 Å². The van der Waals surface area contributed by atoms with Crippen LogP contribution in [0.25, 0.3) is 11.3 Å². The van der Waals surface area contributed by atoms with Crippen LogP contribution in [0.4, 0.5) is 4.39 Å². The Bertz CT molecular complexity index is 916. The van der Waals surface area contributed by atoms with Gasteiger partial charge in [-0.25, -0.2) is 4.39 Å². The zero-order chi connectivity index (χ0) is 18.0. The van der Waals surface area contributed by atoms with Crippen LogP contribution in [0.2, 0.25) is 5.02 Å². The van der Waals surface area contributed by atoms with E-state index < -0.39 is 5.91 Å². The summed E-state index contributed by atoms with van der Waals surface area (Å²) in [5, 5.41) is 0.610. The molecule has 1 amide bonds. The Morgan fingerprint density at radius 2 is 1.84 bits per heavy atom. The Balaban J connectivity index is 2.00. The predicted molar refractivity (Wildman–Crippen MR) is 98.2 cm³/mol. The molecule has 0 spiro atoms.